The van der Waals surface area contributed by atoms with E-state index in [9.17, 15) is 4.79 Å². The molecule has 90 valence electrons. The smallest absolute Gasteiger partial charge is 0.267 e. The van der Waals surface area contributed by atoms with Gasteiger partial charge in [0.2, 0.25) is 5.88 Å². The number of ether oxygens (including phenoxy) is 1. The first-order valence-electron chi connectivity index (χ1n) is 4.85. The van der Waals surface area contributed by atoms with Crippen molar-refractivity contribution in [3.05, 3.63) is 28.2 Å². The molecule has 0 bridgehead atoms. The first-order chi connectivity index (χ1) is 8.24. The van der Waals surface area contributed by atoms with E-state index in [1.54, 1.807) is 7.05 Å². The molecule has 0 aromatic carbocycles. The standard InChI is InChI=1S/C9H11N5O2S/c1-10-9-6(11-13-17-9)5-14-8(15)4-3-7(12-14)16-2/h3-4,10H,5H2,1-2H3. The Hall–Kier alpha value is -1.96. The van der Waals surface area contributed by atoms with Gasteiger partial charge in [0.05, 0.1) is 13.7 Å². The number of anilines is 1. The summed E-state index contributed by atoms with van der Waals surface area (Å²) >= 11 is 1.24. The largest absolute Gasteiger partial charge is 0.480 e. The predicted octanol–water partition coefficient (Wildman–Crippen LogP) is 0.193. The number of hydrogen-bond donors (Lipinski definition) is 1. The van der Waals surface area contributed by atoms with Crippen LogP contribution in [0.4, 0.5) is 5.00 Å². The molecule has 0 aliphatic carbocycles. The Morgan fingerprint density at radius 3 is 3.06 bits per heavy atom. The van der Waals surface area contributed by atoms with Crippen molar-refractivity contribution in [1.29, 1.82) is 0 Å². The first kappa shape index (κ1) is 11.5. The molecule has 0 unspecified atom stereocenters. The van der Waals surface area contributed by atoms with Crippen molar-refractivity contribution in [3.63, 3.8) is 0 Å². The maximum absolute atomic E-state index is 11.6. The van der Waals surface area contributed by atoms with Crippen LogP contribution in [0.1, 0.15) is 5.69 Å². The van der Waals surface area contributed by atoms with E-state index >= 15 is 0 Å². The van der Waals surface area contributed by atoms with E-state index in [4.69, 9.17) is 4.74 Å². The van der Waals surface area contributed by atoms with Gasteiger partial charge in [0.1, 0.15) is 10.7 Å². The Labute approximate surface area is 101 Å². The monoisotopic (exact) mass is 253 g/mol. The van der Waals surface area contributed by atoms with Crippen molar-refractivity contribution in [2.45, 2.75) is 6.54 Å². The summed E-state index contributed by atoms with van der Waals surface area (Å²) in [4.78, 5) is 11.6. The summed E-state index contributed by atoms with van der Waals surface area (Å²) in [5.74, 6) is 0.388. The highest BCUT2D eigenvalue weighted by molar-refractivity contribution is 7.10. The molecule has 0 atom stereocenters. The lowest BCUT2D eigenvalue weighted by atomic mass is 10.4. The van der Waals surface area contributed by atoms with Crippen LogP contribution in [0, 0.1) is 0 Å². The fourth-order valence-electron chi connectivity index (χ4n) is 1.30. The molecule has 0 fully saturated rings. The predicted molar refractivity (Wildman–Crippen MR) is 63.6 cm³/mol. The fraction of sp³-hybridized carbons (Fsp3) is 0.333. The average Bonchev–Trinajstić information content (AvgIpc) is 2.79. The second kappa shape index (κ2) is 4.91. The molecule has 0 saturated heterocycles. The van der Waals surface area contributed by atoms with Crippen LogP contribution in [0.3, 0.4) is 0 Å². The summed E-state index contributed by atoms with van der Waals surface area (Å²) in [6, 6.07) is 2.93. The summed E-state index contributed by atoms with van der Waals surface area (Å²) < 4.78 is 10.1. The molecule has 2 aromatic rings. The number of hydrogen-bond acceptors (Lipinski definition) is 7. The summed E-state index contributed by atoms with van der Waals surface area (Å²) in [5.41, 5.74) is 0.473. The van der Waals surface area contributed by atoms with Gasteiger partial charge in [0.25, 0.3) is 5.56 Å². The Morgan fingerprint density at radius 1 is 1.53 bits per heavy atom. The lowest BCUT2D eigenvalue weighted by molar-refractivity contribution is 0.378. The minimum atomic E-state index is -0.208. The molecule has 0 aliphatic heterocycles. The van der Waals surface area contributed by atoms with E-state index in [1.165, 1.54) is 35.5 Å². The van der Waals surface area contributed by atoms with Crippen molar-refractivity contribution < 1.29 is 4.74 Å². The molecule has 0 spiro atoms. The highest BCUT2D eigenvalue weighted by Gasteiger charge is 2.09. The van der Waals surface area contributed by atoms with Gasteiger partial charge >= 0.3 is 0 Å². The highest BCUT2D eigenvalue weighted by Crippen LogP contribution is 2.16. The molecule has 17 heavy (non-hydrogen) atoms. The van der Waals surface area contributed by atoms with E-state index in [0.29, 0.717) is 11.6 Å². The average molecular weight is 253 g/mol. The summed E-state index contributed by atoms with van der Waals surface area (Å²) in [6.07, 6.45) is 0. The first-order valence-corrected chi connectivity index (χ1v) is 5.63. The van der Waals surface area contributed by atoms with Crippen LogP contribution in [0.5, 0.6) is 5.88 Å². The molecule has 2 heterocycles. The molecule has 2 rings (SSSR count). The van der Waals surface area contributed by atoms with Crippen LogP contribution in [0.15, 0.2) is 16.9 Å². The third kappa shape index (κ3) is 2.41. The van der Waals surface area contributed by atoms with Gasteiger partial charge in [0.15, 0.2) is 0 Å². The van der Waals surface area contributed by atoms with Crippen LogP contribution < -0.4 is 15.6 Å². The van der Waals surface area contributed by atoms with E-state index in [0.717, 1.165) is 5.00 Å². The second-order valence-corrected chi connectivity index (χ2v) is 3.92. The number of aromatic nitrogens is 4. The number of nitrogens with one attached hydrogen (secondary N) is 1. The number of rotatable bonds is 4. The molecular formula is C9H11N5O2S. The Morgan fingerprint density at radius 2 is 2.35 bits per heavy atom. The Kier molecular flexibility index (Phi) is 3.33. The van der Waals surface area contributed by atoms with Crippen molar-refractivity contribution >= 4 is 16.5 Å². The molecule has 0 aliphatic rings. The Bertz CT molecular complexity index is 565. The van der Waals surface area contributed by atoms with Gasteiger partial charge in [-0.3, -0.25) is 4.79 Å². The minimum absolute atomic E-state index is 0.208. The van der Waals surface area contributed by atoms with Crippen molar-refractivity contribution in [2.24, 2.45) is 0 Å². The van der Waals surface area contributed by atoms with Crippen molar-refractivity contribution in [2.75, 3.05) is 19.5 Å². The van der Waals surface area contributed by atoms with Crippen LogP contribution >= 0.6 is 11.5 Å². The molecular weight excluding hydrogens is 242 g/mol. The van der Waals surface area contributed by atoms with Crippen LogP contribution in [0.2, 0.25) is 0 Å². The fourth-order valence-corrected chi connectivity index (χ4v) is 1.82. The highest BCUT2D eigenvalue weighted by atomic mass is 32.1. The minimum Gasteiger partial charge on any atom is -0.480 e. The van der Waals surface area contributed by atoms with Crippen molar-refractivity contribution in [1.82, 2.24) is 19.4 Å². The van der Waals surface area contributed by atoms with Gasteiger partial charge in [-0.05, 0) is 0 Å². The molecule has 8 heteroatoms. The zero-order valence-corrected chi connectivity index (χ0v) is 10.2. The van der Waals surface area contributed by atoms with Crippen molar-refractivity contribution in [3.8, 4) is 5.88 Å². The lowest BCUT2D eigenvalue weighted by Crippen LogP contribution is -2.23. The van der Waals surface area contributed by atoms with Gasteiger partial charge in [-0.15, -0.1) is 10.2 Å². The quantitative estimate of drug-likeness (QED) is 0.837. The third-order valence-electron chi connectivity index (χ3n) is 2.13. The SMILES string of the molecule is CNc1snnc1Cn1nc(OC)ccc1=O. The van der Waals surface area contributed by atoms with E-state index in [2.05, 4.69) is 20.0 Å². The van der Waals surface area contributed by atoms with E-state index < -0.39 is 0 Å². The summed E-state index contributed by atoms with van der Waals surface area (Å²) in [5, 5.41) is 11.8. The molecule has 0 saturated carbocycles. The third-order valence-corrected chi connectivity index (χ3v) is 2.92. The lowest BCUT2D eigenvalue weighted by Gasteiger charge is -2.05. The molecule has 7 nitrogen and oxygen atoms in total. The molecule has 0 amide bonds. The molecule has 2 aromatic heterocycles. The second-order valence-electron chi connectivity index (χ2n) is 3.17. The van der Waals surface area contributed by atoms with Crippen LogP contribution in [-0.4, -0.2) is 33.5 Å². The normalized spacial score (nSPS) is 10.2. The molecule has 0 radical (unpaired) electrons. The summed E-state index contributed by atoms with van der Waals surface area (Å²) in [7, 11) is 3.28. The number of methoxy groups -OCH3 is 1. The zero-order valence-electron chi connectivity index (χ0n) is 9.38. The van der Waals surface area contributed by atoms with Gasteiger partial charge in [-0.25, -0.2) is 4.68 Å². The van der Waals surface area contributed by atoms with Gasteiger partial charge in [-0.1, -0.05) is 4.49 Å². The van der Waals surface area contributed by atoms with Crippen LogP contribution in [-0.2, 0) is 6.54 Å². The zero-order chi connectivity index (χ0) is 12.3. The molecule has 1 N–H and O–H groups in total. The van der Waals surface area contributed by atoms with Gasteiger partial charge in [0, 0.05) is 30.7 Å². The van der Waals surface area contributed by atoms with Gasteiger partial charge < -0.3 is 10.1 Å². The van der Waals surface area contributed by atoms with Gasteiger partial charge in [-0.2, -0.15) is 0 Å². The maximum atomic E-state index is 11.6. The maximum Gasteiger partial charge on any atom is 0.267 e. The van der Waals surface area contributed by atoms with Crippen LogP contribution in [0.25, 0.3) is 0 Å². The Balaban J connectivity index is 2.32. The topological polar surface area (TPSA) is 81.9 Å². The van der Waals surface area contributed by atoms with E-state index in [1.807, 2.05) is 0 Å². The number of nitrogens with zero attached hydrogens (tertiary/aromatic N) is 4. The summed E-state index contributed by atoms with van der Waals surface area (Å²) in [6.45, 7) is 0.267. The van der Waals surface area contributed by atoms with E-state index in [-0.39, 0.29) is 12.1 Å².